The summed E-state index contributed by atoms with van der Waals surface area (Å²) in [5.74, 6) is 2.84. The number of phenols is 1. The maximum Gasteiger partial charge on any atom is 0.245 e. The van der Waals surface area contributed by atoms with Crippen molar-refractivity contribution in [3.8, 4) is 5.75 Å². The minimum atomic E-state index is 0.254. The lowest BCUT2D eigenvalue weighted by Crippen LogP contribution is -2.00. The third-order valence-corrected chi connectivity index (χ3v) is 4.39. The van der Waals surface area contributed by atoms with Gasteiger partial charge in [0.25, 0.3) is 0 Å². The van der Waals surface area contributed by atoms with Gasteiger partial charge in [0.1, 0.15) is 5.75 Å². The molecule has 6 heteroatoms. The first-order valence-electron chi connectivity index (χ1n) is 6.28. The SMILES string of the molecule is Oc1ccc(NCc2nc(C3CCCS3)no2)cc1. The molecule has 0 spiro atoms. The molecular weight excluding hydrogens is 262 g/mol. The number of hydrogen-bond acceptors (Lipinski definition) is 6. The predicted octanol–water partition coefficient (Wildman–Crippen LogP) is 2.96. The molecular formula is C13H15N3O2S. The molecule has 1 aromatic carbocycles. The molecule has 1 saturated heterocycles. The Bertz CT molecular complexity index is 535. The third kappa shape index (κ3) is 3.01. The maximum atomic E-state index is 9.20. The lowest BCUT2D eigenvalue weighted by molar-refractivity contribution is 0.377. The first kappa shape index (κ1) is 12.3. The zero-order chi connectivity index (χ0) is 13.1. The van der Waals surface area contributed by atoms with Crippen molar-refractivity contribution < 1.29 is 9.63 Å². The fourth-order valence-corrected chi connectivity index (χ4v) is 3.20. The van der Waals surface area contributed by atoms with E-state index in [1.54, 1.807) is 24.3 Å². The van der Waals surface area contributed by atoms with E-state index in [0.29, 0.717) is 17.7 Å². The van der Waals surface area contributed by atoms with Gasteiger partial charge in [0, 0.05) is 5.69 Å². The van der Waals surface area contributed by atoms with Crippen molar-refractivity contribution in [2.45, 2.75) is 24.6 Å². The van der Waals surface area contributed by atoms with Crippen LogP contribution in [0.1, 0.15) is 29.8 Å². The van der Waals surface area contributed by atoms with Gasteiger partial charge in [-0.1, -0.05) is 5.16 Å². The summed E-state index contributed by atoms with van der Waals surface area (Å²) >= 11 is 1.89. The average molecular weight is 277 g/mol. The molecule has 1 atom stereocenters. The highest BCUT2D eigenvalue weighted by Crippen LogP contribution is 2.38. The van der Waals surface area contributed by atoms with Crippen LogP contribution in [0, 0.1) is 0 Å². The predicted molar refractivity (Wildman–Crippen MR) is 74.2 cm³/mol. The van der Waals surface area contributed by atoms with E-state index in [9.17, 15) is 5.11 Å². The minimum absolute atomic E-state index is 0.254. The van der Waals surface area contributed by atoms with Crippen LogP contribution < -0.4 is 5.32 Å². The van der Waals surface area contributed by atoms with E-state index in [-0.39, 0.29) is 5.75 Å². The van der Waals surface area contributed by atoms with Crippen LogP contribution in [0.15, 0.2) is 28.8 Å². The summed E-state index contributed by atoms with van der Waals surface area (Å²) in [4.78, 5) is 4.41. The summed E-state index contributed by atoms with van der Waals surface area (Å²) < 4.78 is 5.24. The summed E-state index contributed by atoms with van der Waals surface area (Å²) in [6.07, 6.45) is 2.36. The first-order chi connectivity index (χ1) is 9.31. The Hall–Kier alpha value is -1.69. The van der Waals surface area contributed by atoms with Crippen LogP contribution in [0.5, 0.6) is 5.75 Å². The Labute approximate surface area is 115 Å². The molecule has 0 radical (unpaired) electrons. The molecule has 0 bridgehead atoms. The number of anilines is 1. The molecule has 0 amide bonds. The number of hydrogen-bond donors (Lipinski definition) is 2. The van der Waals surface area contributed by atoms with Gasteiger partial charge in [-0.25, -0.2) is 0 Å². The fraction of sp³-hybridized carbons (Fsp3) is 0.385. The highest BCUT2D eigenvalue weighted by Gasteiger charge is 2.22. The Morgan fingerprint density at radius 1 is 1.37 bits per heavy atom. The van der Waals surface area contributed by atoms with Gasteiger partial charge in [-0.15, -0.1) is 0 Å². The molecule has 1 fully saturated rings. The van der Waals surface area contributed by atoms with Gasteiger partial charge >= 0.3 is 0 Å². The van der Waals surface area contributed by atoms with Crippen LogP contribution in [0.3, 0.4) is 0 Å². The molecule has 0 saturated carbocycles. The van der Waals surface area contributed by atoms with Crippen molar-refractivity contribution in [1.82, 2.24) is 10.1 Å². The first-order valence-corrected chi connectivity index (χ1v) is 7.33. The van der Waals surface area contributed by atoms with Gasteiger partial charge in [-0.2, -0.15) is 16.7 Å². The quantitative estimate of drug-likeness (QED) is 0.837. The summed E-state index contributed by atoms with van der Waals surface area (Å²) in [5, 5.41) is 16.8. The van der Waals surface area contributed by atoms with E-state index in [2.05, 4.69) is 15.5 Å². The zero-order valence-electron chi connectivity index (χ0n) is 10.4. The molecule has 19 heavy (non-hydrogen) atoms. The summed E-state index contributed by atoms with van der Waals surface area (Å²) in [5.41, 5.74) is 0.910. The molecule has 0 aliphatic carbocycles. The van der Waals surface area contributed by atoms with E-state index in [1.165, 1.54) is 12.2 Å². The molecule has 2 aromatic rings. The summed E-state index contributed by atoms with van der Waals surface area (Å²) in [6.45, 7) is 0.495. The second kappa shape index (κ2) is 5.52. The van der Waals surface area contributed by atoms with Gasteiger partial charge < -0.3 is 14.9 Å². The topological polar surface area (TPSA) is 71.2 Å². The Morgan fingerprint density at radius 2 is 2.21 bits per heavy atom. The Morgan fingerprint density at radius 3 is 2.95 bits per heavy atom. The van der Waals surface area contributed by atoms with Gasteiger partial charge in [0.05, 0.1) is 11.8 Å². The summed E-state index contributed by atoms with van der Waals surface area (Å²) in [7, 11) is 0. The van der Waals surface area contributed by atoms with Crippen molar-refractivity contribution in [2.24, 2.45) is 0 Å². The average Bonchev–Trinajstić information content (AvgIpc) is 3.09. The highest BCUT2D eigenvalue weighted by atomic mass is 32.2. The van der Waals surface area contributed by atoms with Gasteiger partial charge in [0.15, 0.2) is 5.82 Å². The molecule has 1 unspecified atom stereocenters. The molecule has 1 aliphatic heterocycles. The normalized spacial score (nSPS) is 18.6. The molecule has 3 rings (SSSR count). The van der Waals surface area contributed by atoms with E-state index in [4.69, 9.17) is 4.52 Å². The number of rotatable bonds is 4. The van der Waals surface area contributed by atoms with Crippen LogP contribution in [0.25, 0.3) is 0 Å². The van der Waals surface area contributed by atoms with Crippen molar-refractivity contribution in [2.75, 3.05) is 11.1 Å². The number of nitrogens with one attached hydrogen (secondary N) is 1. The van der Waals surface area contributed by atoms with Crippen molar-refractivity contribution >= 4 is 17.4 Å². The molecule has 100 valence electrons. The number of thioether (sulfide) groups is 1. The number of aromatic nitrogens is 2. The molecule has 5 nitrogen and oxygen atoms in total. The lowest BCUT2D eigenvalue weighted by Gasteiger charge is -2.02. The van der Waals surface area contributed by atoms with Crippen LogP contribution in [-0.4, -0.2) is 21.0 Å². The molecule has 2 N–H and O–H groups in total. The highest BCUT2D eigenvalue weighted by molar-refractivity contribution is 7.99. The van der Waals surface area contributed by atoms with Crippen molar-refractivity contribution in [3.63, 3.8) is 0 Å². The minimum Gasteiger partial charge on any atom is -0.508 e. The molecule has 1 aliphatic rings. The van der Waals surface area contributed by atoms with E-state index in [0.717, 1.165) is 17.9 Å². The van der Waals surface area contributed by atoms with Gasteiger partial charge in [-0.05, 0) is 42.9 Å². The lowest BCUT2D eigenvalue weighted by atomic mass is 10.2. The number of benzene rings is 1. The van der Waals surface area contributed by atoms with Crippen LogP contribution in [0.2, 0.25) is 0 Å². The molecule has 2 heterocycles. The smallest absolute Gasteiger partial charge is 0.245 e. The van der Waals surface area contributed by atoms with Crippen LogP contribution >= 0.6 is 11.8 Å². The van der Waals surface area contributed by atoms with Crippen molar-refractivity contribution in [3.05, 3.63) is 36.0 Å². The Kier molecular flexibility index (Phi) is 3.59. The van der Waals surface area contributed by atoms with Gasteiger partial charge in [0.2, 0.25) is 5.89 Å². The Balaban J connectivity index is 1.59. The number of nitrogens with zero attached hydrogens (tertiary/aromatic N) is 2. The second-order valence-electron chi connectivity index (χ2n) is 4.45. The standard InChI is InChI=1S/C13H15N3O2S/c17-10-5-3-9(4-6-10)14-8-12-15-13(16-18-12)11-2-1-7-19-11/h3-6,11,14,17H,1-2,7-8H2. The molecule has 1 aromatic heterocycles. The van der Waals surface area contributed by atoms with Crippen LogP contribution in [-0.2, 0) is 6.54 Å². The zero-order valence-corrected chi connectivity index (χ0v) is 11.2. The third-order valence-electron chi connectivity index (χ3n) is 3.01. The summed E-state index contributed by atoms with van der Waals surface area (Å²) in [6, 6.07) is 6.88. The van der Waals surface area contributed by atoms with E-state index in [1.807, 2.05) is 11.8 Å². The van der Waals surface area contributed by atoms with E-state index >= 15 is 0 Å². The fourth-order valence-electron chi connectivity index (χ4n) is 2.01. The number of phenolic OH excluding ortho intramolecular Hbond substituents is 1. The second-order valence-corrected chi connectivity index (χ2v) is 5.76. The van der Waals surface area contributed by atoms with E-state index < -0.39 is 0 Å². The van der Waals surface area contributed by atoms with Gasteiger partial charge in [-0.3, -0.25) is 0 Å². The maximum absolute atomic E-state index is 9.20. The van der Waals surface area contributed by atoms with Crippen LogP contribution in [0.4, 0.5) is 5.69 Å². The largest absolute Gasteiger partial charge is 0.508 e. The monoisotopic (exact) mass is 277 g/mol. The van der Waals surface area contributed by atoms with Crippen molar-refractivity contribution in [1.29, 1.82) is 0 Å². The number of aromatic hydroxyl groups is 1.